The molecular weight excluding hydrogens is 88.1 g/mol. The Morgan fingerprint density at radius 1 is 1.71 bits per heavy atom. The Labute approximate surface area is 42.3 Å². The quantitative estimate of drug-likeness (QED) is 0.421. The average Bonchev–Trinajstić information content (AvgIpc) is 1.69. The Bertz CT molecular complexity index is 133. The third kappa shape index (κ3) is 0.961. The number of rotatable bonds is 0. The predicted molar refractivity (Wildman–Crippen MR) is 31.0 cm³/mol. The molecule has 0 aliphatic carbocycles. The minimum absolute atomic E-state index is 0.712. The molecule has 0 aromatic carbocycles. The average molecular weight is 94.1 g/mol. The third-order valence-electron chi connectivity index (χ3n) is 0.700. The summed E-state index contributed by atoms with van der Waals surface area (Å²) in [5.41, 5.74) is 0.975. The van der Waals surface area contributed by atoms with Crippen molar-refractivity contribution in [2.24, 2.45) is 9.98 Å². The Morgan fingerprint density at radius 2 is 2.57 bits per heavy atom. The highest BCUT2D eigenvalue weighted by molar-refractivity contribution is 5.87. The van der Waals surface area contributed by atoms with Gasteiger partial charge in [-0.2, -0.15) is 0 Å². The van der Waals surface area contributed by atoms with E-state index in [4.69, 9.17) is 0 Å². The van der Waals surface area contributed by atoms with Crippen LogP contribution in [0.25, 0.3) is 0 Å². The fraction of sp³-hybridized carbons (Fsp3) is 0.200. The van der Waals surface area contributed by atoms with Crippen LogP contribution in [0.3, 0.4) is 0 Å². The van der Waals surface area contributed by atoms with Gasteiger partial charge in [0.15, 0.2) is 0 Å². The molecule has 1 rings (SSSR count). The summed E-state index contributed by atoms with van der Waals surface area (Å²) in [6, 6.07) is 0. The summed E-state index contributed by atoms with van der Waals surface area (Å²) in [6.45, 7) is 4.36. The van der Waals surface area contributed by atoms with E-state index in [2.05, 4.69) is 16.6 Å². The van der Waals surface area contributed by atoms with E-state index >= 15 is 0 Å². The van der Waals surface area contributed by atoms with E-state index in [1.807, 2.05) is 0 Å². The van der Waals surface area contributed by atoms with Gasteiger partial charge in [0.1, 0.15) is 6.34 Å². The molecule has 0 atom stereocenters. The number of nitrogens with zero attached hydrogens (tertiary/aromatic N) is 2. The number of aliphatic imine (C=N–C) groups is 2. The van der Waals surface area contributed by atoms with Crippen LogP contribution in [-0.4, -0.2) is 19.1 Å². The zero-order valence-corrected chi connectivity index (χ0v) is 3.96. The Balaban J connectivity index is 2.66. The van der Waals surface area contributed by atoms with Crippen molar-refractivity contribution in [3.05, 3.63) is 12.2 Å². The SMILES string of the molecule is C=C1C=NC=NC1. The van der Waals surface area contributed by atoms with Crippen LogP contribution in [0, 0.1) is 0 Å². The van der Waals surface area contributed by atoms with Crippen LogP contribution < -0.4 is 0 Å². The van der Waals surface area contributed by atoms with E-state index in [0.717, 1.165) is 5.57 Å². The van der Waals surface area contributed by atoms with Crippen molar-refractivity contribution in [2.45, 2.75) is 0 Å². The van der Waals surface area contributed by atoms with E-state index in [0.29, 0.717) is 6.54 Å². The van der Waals surface area contributed by atoms with Crippen molar-refractivity contribution in [3.8, 4) is 0 Å². The number of hydrogen-bond donors (Lipinski definition) is 0. The third-order valence-corrected chi connectivity index (χ3v) is 0.700. The van der Waals surface area contributed by atoms with Crippen LogP contribution in [0.4, 0.5) is 0 Å². The van der Waals surface area contributed by atoms with Gasteiger partial charge >= 0.3 is 0 Å². The van der Waals surface area contributed by atoms with Gasteiger partial charge in [0.2, 0.25) is 0 Å². The largest absolute Gasteiger partial charge is 0.269 e. The van der Waals surface area contributed by atoms with Crippen LogP contribution in [-0.2, 0) is 0 Å². The summed E-state index contributed by atoms with van der Waals surface area (Å²) in [6.07, 6.45) is 3.25. The smallest absolute Gasteiger partial charge is 0.110 e. The second-order valence-electron chi connectivity index (χ2n) is 1.39. The first-order valence-corrected chi connectivity index (χ1v) is 2.09. The van der Waals surface area contributed by atoms with E-state index in [1.54, 1.807) is 6.21 Å². The molecule has 0 amide bonds. The summed E-state index contributed by atoms with van der Waals surface area (Å²) in [5, 5.41) is 0. The van der Waals surface area contributed by atoms with Crippen LogP contribution in [0.15, 0.2) is 22.1 Å². The van der Waals surface area contributed by atoms with Gasteiger partial charge in [-0.15, -0.1) is 0 Å². The normalized spacial score (nSPS) is 18.0. The monoisotopic (exact) mass is 94.1 g/mol. The van der Waals surface area contributed by atoms with Crippen molar-refractivity contribution in [2.75, 3.05) is 6.54 Å². The molecule has 2 heteroatoms. The van der Waals surface area contributed by atoms with E-state index in [-0.39, 0.29) is 0 Å². The summed E-state index contributed by atoms with van der Waals surface area (Å²) in [5.74, 6) is 0. The maximum absolute atomic E-state index is 3.84. The van der Waals surface area contributed by atoms with Crippen molar-refractivity contribution < 1.29 is 0 Å². The first kappa shape index (κ1) is 4.24. The molecular formula is C5H6N2. The van der Waals surface area contributed by atoms with Crippen molar-refractivity contribution >= 4 is 12.6 Å². The molecule has 7 heavy (non-hydrogen) atoms. The van der Waals surface area contributed by atoms with Gasteiger partial charge in [-0.3, -0.25) is 4.99 Å². The van der Waals surface area contributed by atoms with Crippen molar-refractivity contribution in [1.29, 1.82) is 0 Å². The molecule has 0 saturated carbocycles. The van der Waals surface area contributed by atoms with Gasteiger partial charge in [-0.25, -0.2) is 4.99 Å². The summed E-state index contributed by atoms with van der Waals surface area (Å²) in [4.78, 5) is 7.58. The van der Waals surface area contributed by atoms with Gasteiger partial charge in [0.25, 0.3) is 0 Å². The molecule has 36 valence electrons. The van der Waals surface area contributed by atoms with Crippen molar-refractivity contribution in [3.63, 3.8) is 0 Å². The fourth-order valence-corrected chi connectivity index (χ4v) is 0.385. The van der Waals surface area contributed by atoms with Crippen LogP contribution >= 0.6 is 0 Å². The molecule has 2 nitrogen and oxygen atoms in total. The Hall–Kier alpha value is -0.920. The molecule has 0 aromatic heterocycles. The van der Waals surface area contributed by atoms with E-state index in [1.165, 1.54) is 6.34 Å². The fourth-order valence-electron chi connectivity index (χ4n) is 0.385. The summed E-state index contributed by atoms with van der Waals surface area (Å²) < 4.78 is 0. The Morgan fingerprint density at radius 3 is 2.86 bits per heavy atom. The lowest BCUT2D eigenvalue weighted by molar-refractivity contribution is 1.20. The van der Waals surface area contributed by atoms with Gasteiger partial charge < -0.3 is 0 Å². The summed E-state index contributed by atoms with van der Waals surface area (Å²) in [7, 11) is 0. The van der Waals surface area contributed by atoms with Gasteiger partial charge in [0.05, 0.1) is 6.54 Å². The maximum atomic E-state index is 3.84. The predicted octanol–water partition coefficient (Wildman–Crippen LogP) is 0.655. The van der Waals surface area contributed by atoms with Crippen molar-refractivity contribution in [1.82, 2.24) is 0 Å². The molecule has 0 saturated heterocycles. The molecule has 0 bridgehead atoms. The highest BCUT2D eigenvalue weighted by Gasteiger charge is 1.87. The van der Waals surface area contributed by atoms with Gasteiger partial charge in [-0.1, -0.05) is 6.58 Å². The standard InChI is InChI=1S/C5H6N2/c1-5-2-6-4-7-3-5/h2,4H,1,3H2. The van der Waals surface area contributed by atoms with E-state index < -0.39 is 0 Å². The van der Waals surface area contributed by atoms with Crippen LogP contribution in [0.5, 0.6) is 0 Å². The van der Waals surface area contributed by atoms with Crippen LogP contribution in [0.2, 0.25) is 0 Å². The first-order chi connectivity index (χ1) is 3.39. The number of hydrogen-bond acceptors (Lipinski definition) is 2. The first-order valence-electron chi connectivity index (χ1n) is 2.09. The molecule has 0 radical (unpaired) electrons. The highest BCUT2D eigenvalue weighted by atomic mass is 14.9. The molecule has 1 heterocycles. The molecule has 1 aliphatic rings. The summed E-state index contributed by atoms with van der Waals surface area (Å²) >= 11 is 0. The highest BCUT2D eigenvalue weighted by Crippen LogP contribution is 1.89. The minimum atomic E-state index is 0.712. The molecule has 0 fully saturated rings. The lowest BCUT2D eigenvalue weighted by Crippen LogP contribution is -1.93. The molecule has 0 N–H and O–H groups in total. The zero-order chi connectivity index (χ0) is 5.11. The maximum Gasteiger partial charge on any atom is 0.110 e. The second-order valence-corrected chi connectivity index (χ2v) is 1.39. The lowest BCUT2D eigenvalue weighted by Gasteiger charge is -1.93. The van der Waals surface area contributed by atoms with Gasteiger partial charge in [0, 0.05) is 6.21 Å². The van der Waals surface area contributed by atoms with E-state index in [9.17, 15) is 0 Å². The van der Waals surface area contributed by atoms with Crippen LogP contribution in [0.1, 0.15) is 0 Å². The molecule has 0 unspecified atom stereocenters. The topological polar surface area (TPSA) is 24.7 Å². The van der Waals surface area contributed by atoms with Gasteiger partial charge in [-0.05, 0) is 5.57 Å². The molecule has 0 aromatic rings. The minimum Gasteiger partial charge on any atom is -0.269 e. The molecule has 1 aliphatic heterocycles. The zero-order valence-electron chi connectivity index (χ0n) is 3.96. The molecule has 0 spiro atoms. The lowest BCUT2D eigenvalue weighted by atomic mass is 10.3. The second kappa shape index (κ2) is 1.69. The Kier molecular flexibility index (Phi) is 1.02.